The van der Waals surface area contributed by atoms with E-state index >= 15 is 0 Å². The molecule has 0 radical (unpaired) electrons. The molecule has 0 heterocycles. The molecular formula is C19H21NO6S. The molecule has 2 rings (SSSR count). The van der Waals surface area contributed by atoms with Crippen molar-refractivity contribution in [2.24, 2.45) is 0 Å². The highest BCUT2D eigenvalue weighted by Crippen LogP contribution is 2.16. The Bertz CT molecular complexity index is 878. The van der Waals surface area contributed by atoms with E-state index in [4.69, 9.17) is 4.74 Å². The van der Waals surface area contributed by atoms with Crippen molar-refractivity contribution >= 4 is 21.7 Å². The summed E-state index contributed by atoms with van der Waals surface area (Å²) in [6, 6.07) is 13.4. The molecule has 7 nitrogen and oxygen atoms in total. The van der Waals surface area contributed by atoms with Gasteiger partial charge in [0.1, 0.15) is 5.75 Å². The number of nitrogens with one attached hydrogen (secondary N) is 1. The Morgan fingerprint density at radius 2 is 1.70 bits per heavy atom. The average molecular weight is 391 g/mol. The third-order valence-electron chi connectivity index (χ3n) is 3.75. The molecule has 0 spiro atoms. The molecule has 0 saturated carbocycles. The summed E-state index contributed by atoms with van der Waals surface area (Å²) in [5.41, 5.74) is 0.501. The van der Waals surface area contributed by atoms with E-state index in [1.54, 1.807) is 42.5 Å². The van der Waals surface area contributed by atoms with Crippen LogP contribution in [0.2, 0.25) is 0 Å². The van der Waals surface area contributed by atoms with Crippen LogP contribution in [0.1, 0.15) is 24.4 Å². The first-order chi connectivity index (χ1) is 12.8. The van der Waals surface area contributed by atoms with Crippen LogP contribution in [0.5, 0.6) is 5.75 Å². The SMILES string of the molecule is CS(=O)(=O)c1ccc(OCCCC(=O)N[C@H](C(=O)O)c2ccccc2)cc1. The third-order valence-corrected chi connectivity index (χ3v) is 4.88. The maximum atomic E-state index is 12.0. The van der Waals surface area contributed by atoms with Crippen molar-refractivity contribution in [3.63, 3.8) is 0 Å². The standard InChI is InChI=1S/C19H21NO6S/c1-27(24,25)16-11-9-15(10-12-16)26-13-5-8-17(21)20-18(19(22)23)14-6-3-2-4-7-14/h2-4,6-7,9-12,18H,5,8,13H2,1H3,(H,20,21)(H,22,23)/t18-/m0/s1. The monoisotopic (exact) mass is 391 g/mol. The van der Waals surface area contributed by atoms with Crippen LogP contribution in [-0.2, 0) is 19.4 Å². The molecular weight excluding hydrogens is 370 g/mol. The molecule has 0 bridgehead atoms. The lowest BCUT2D eigenvalue weighted by Crippen LogP contribution is -2.33. The van der Waals surface area contributed by atoms with Crippen LogP contribution in [0.3, 0.4) is 0 Å². The average Bonchev–Trinajstić information content (AvgIpc) is 2.63. The molecule has 1 atom stereocenters. The van der Waals surface area contributed by atoms with E-state index in [0.29, 0.717) is 17.7 Å². The molecule has 8 heteroatoms. The highest BCUT2D eigenvalue weighted by atomic mass is 32.2. The lowest BCUT2D eigenvalue weighted by atomic mass is 10.1. The number of carboxylic acids is 1. The van der Waals surface area contributed by atoms with Gasteiger partial charge in [-0.1, -0.05) is 30.3 Å². The zero-order valence-electron chi connectivity index (χ0n) is 14.8. The number of hydrogen-bond donors (Lipinski definition) is 2. The second-order valence-electron chi connectivity index (χ2n) is 5.95. The van der Waals surface area contributed by atoms with Gasteiger partial charge in [-0.05, 0) is 36.2 Å². The first kappa shape index (κ1) is 20.4. The van der Waals surface area contributed by atoms with Crippen molar-refractivity contribution in [2.75, 3.05) is 12.9 Å². The molecule has 2 aromatic carbocycles. The van der Waals surface area contributed by atoms with E-state index in [9.17, 15) is 23.1 Å². The number of sulfone groups is 1. The van der Waals surface area contributed by atoms with Gasteiger partial charge in [0.15, 0.2) is 15.9 Å². The number of carboxylic acid groups (broad SMARTS) is 1. The molecule has 0 aliphatic rings. The lowest BCUT2D eigenvalue weighted by molar-refractivity contribution is -0.142. The Balaban J connectivity index is 1.79. The molecule has 1 amide bonds. The zero-order chi connectivity index (χ0) is 19.9. The summed E-state index contributed by atoms with van der Waals surface area (Å²) in [6.07, 6.45) is 1.63. The maximum absolute atomic E-state index is 12.0. The van der Waals surface area contributed by atoms with Crippen LogP contribution in [0.25, 0.3) is 0 Å². The summed E-state index contributed by atoms with van der Waals surface area (Å²) in [4.78, 5) is 23.6. The van der Waals surface area contributed by atoms with E-state index in [0.717, 1.165) is 6.26 Å². The van der Waals surface area contributed by atoms with E-state index in [-0.39, 0.29) is 23.8 Å². The fraction of sp³-hybridized carbons (Fsp3) is 0.263. The first-order valence-electron chi connectivity index (χ1n) is 8.27. The fourth-order valence-corrected chi connectivity index (χ4v) is 3.00. The lowest BCUT2D eigenvalue weighted by Gasteiger charge is -2.15. The van der Waals surface area contributed by atoms with Gasteiger partial charge in [0.05, 0.1) is 11.5 Å². The Morgan fingerprint density at radius 3 is 2.26 bits per heavy atom. The minimum atomic E-state index is -3.25. The van der Waals surface area contributed by atoms with Gasteiger partial charge < -0.3 is 15.2 Å². The molecule has 2 aromatic rings. The second kappa shape index (κ2) is 9.18. The number of carbonyl (C=O) groups is 2. The molecule has 2 N–H and O–H groups in total. The van der Waals surface area contributed by atoms with Gasteiger partial charge in [-0.15, -0.1) is 0 Å². The van der Waals surface area contributed by atoms with Crippen LogP contribution in [0.15, 0.2) is 59.5 Å². The smallest absolute Gasteiger partial charge is 0.330 e. The van der Waals surface area contributed by atoms with Crippen molar-refractivity contribution in [2.45, 2.75) is 23.8 Å². The summed E-state index contributed by atoms with van der Waals surface area (Å²) in [7, 11) is -3.25. The van der Waals surface area contributed by atoms with Crippen LogP contribution in [0, 0.1) is 0 Å². The first-order valence-corrected chi connectivity index (χ1v) is 10.2. The van der Waals surface area contributed by atoms with Gasteiger partial charge in [0.2, 0.25) is 5.91 Å². The summed E-state index contributed by atoms with van der Waals surface area (Å²) in [6.45, 7) is 0.245. The van der Waals surface area contributed by atoms with Crippen molar-refractivity contribution in [1.82, 2.24) is 5.32 Å². The Hall–Kier alpha value is -2.87. The van der Waals surface area contributed by atoms with Gasteiger partial charge in [-0.25, -0.2) is 13.2 Å². The maximum Gasteiger partial charge on any atom is 0.330 e. The summed E-state index contributed by atoms with van der Waals surface area (Å²) in [5, 5.41) is 11.8. The number of carbonyl (C=O) groups excluding carboxylic acids is 1. The number of amides is 1. The molecule has 144 valence electrons. The summed E-state index contributed by atoms with van der Waals surface area (Å²) >= 11 is 0. The molecule has 0 aromatic heterocycles. The number of ether oxygens (including phenoxy) is 1. The number of benzene rings is 2. The molecule has 0 fully saturated rings. The van der Waals surface area contributed by atoms with Gasteiger partial charge in [0.25, 0.3) is 0 Å². The topological polar surface area (TPSA) is 110 Å². The van der Waals surface area contributed by atoms with Crippen LogP contribution in [-0.4, -0.2) is 38.3 Å². The molecule has 0 unspecified atom stereocenters. The van der Waals surface area contributed by atoms with Gasteiger partial charge in [-0.3, -0.25) is 4.79 Å². The van der Waals surface area contributed by atoms with E-state index in [2.05, 4.69) is 5.32 Å². The van der Waals surface area contributed by atoms with Crippen molar-refractivity contribution in [3.8, 4) is 5.75 Å². The molecule has 0 saturated heterocycles. The van der Waals surface area contributed by atoms with E-state index in [1.807, 2.05) is 0 Å². The summed E-state index contributed by atoms with van der Waals surface area (Å²) < 4.78 is 28.3. The highest BCUT2D eigenvalue weighted by molar-refractivity contribution is 7.90. The van der Waals surface area contributed by atoms with Crippen LogP contribution in [0.4, 0.5) is 0 Å². The Labute approximate surface area is 157 Å². The zero-order valence-corrected chi connectivity index (χ0v) is 15.6. The van der Waals surface area contributed by atoms with Crippen molar-refractivity contribution < 1.29 is 27.9 Å². The predicted molar refractivity (Wildman–Crippen MR) is 99.2 cm³/mol. The van der Waals surface area contributed by atoms with E-state index < -0.39 is 21.8 Å². The molecule has 0 aliphatic carbocycles. The number of aliphatic carboxylic acids is 1. The van der Waals surface area contributed by atoms with Crippen molar-refractivity contribution in [3.05, 3.63) is 60.2 Å². The third kappa shape index (κ3) is 6.41. The molecule has 27 heavy (non-hydrogen) atoms. The van der Waals surface area contributed by atoms with Crippen molar-refractivity contribution in [1.29, 1.82) is 0 Å². The van der Waals surface area contributed by atoms with Gasteiger partial charge in [-0.2, -0.15) is 0 Å². The fourth-order valence-electron chi connectivity index (χ4n) is 2.37. The van der Waals surface area contributed by atoms with Crippen LogP contribution < -0.4 is 10.1 Å². The van der Waals surface area contributed by atoms with Crippen LogP contribution >= 0.6 is 0 Å². The van der Waals surface area contributed by atoms with Gasteiger partial charge in [0, 0.05) is 12.7 Å². The second-order valence-corrected chi connectivity index (χ2v) is 7.96. The van der Waals surface area contributed by atoms with E-state index in [1.165, 1.54) is 12.1 Å². The van der Waals surface area contributed by atoms with Gasteiger partial charge >= 0.3 is 5.97 Å². The number of rotatable bonds is 9. The predicted octanol–water partition coefficient (Wildman–Crippen LogP) is 2.19. The minimum absolute atomic E-state index is 0.109. The Kier molecular flexibility index (Phi) is 6.95. The highest BCUT2D eigenvalue weighted by Gasteiger charge is 2.21. The quantitative estimate of drug-likeness (QED) is 0.634. The normalized spacial score (nSPS) is 12.2. The Morgan fingerprint density at radius 1 is 1.07 bits per heavy atom. The molecule has 0 aliphatic heterocycles. The number of hydrogen-bond acceptors (Lipinski definition) is 5. The minimum Gasteiger partial charge on any atom is -0.494 e. The summed E-state index contributed by atoms with van der Waals surface area (Å²) in [5.74, 6) is -1.02. The largest absolute Gasteiger partial charge is 0.494 e.